The summed E-state index contributed by atoms with van der Waals surface area (Å²) in [6.45, 7) is 2.28. The van der Waals surface area contributed by atoms with E-state index >= 15 is 0 Å². The second-order valence-corrected chi connectivity index (χ2v) is 11.9. The Morgan fingerprint density at radius 2 is 1.62 bits per heavy atom. The van der Waals surface area contributed by atoms with Gasteiger partial charge >= 0.3 is 0 Å². The largest absolute Gasteiger partial charge is 0.497 e. The number of sulfone groups is 1. The Bertz CT molecular complexity index is 1160. The van der Waals surface area contributed by atoms with E-state index in [1.165, 1.54) is 35.7 Å². The molecule has 1 aliphatic rings. The van der Waals surface area contributed by atoms with Gasteiger partial charge in [0.1, 0.15) is 5.75 Å². The molecule has 2 atom stereocenters. The Morgan fingerprint density at radius 3 is 2.19 bits per heavy atom. The monoisotopic (exact) mass is 480 g/mol. The second kappa shape index (κ2) is 9.60. The van der Waals surface area contributed by atoms with Crippen molar-refractivity contribution < 1.29 is 26.4 Å². The number of piperidine rings is 1. The number of amides is 1. The summed E-state index contributed by atoms with van der Waals surface area (Å²) in [6, 6.07) is 12.2. The van der Waals surface area contributed by atoms with Gasteiger partial charge in [0.05, 0.1) is 28.9 Å². The maximum Gasteiger partial charge on any atom is 0.243 e. The van der Waals surface area contributed by atoms with Gasteiger partial charge in [-0.1, -0.05) is 12.1 Å². The van der Waals surface area contributed by atoms with Crippen molar-refractivity contribution in [1.82, 2.24) is 9.62 Å². The molecule has 0 aliphatic carbocycles. The molecule has 32 heavy (non-hydrogen) atoms. The van der Waals surface area contributed by atoms with Gasteiger partial charge in [-0.3, -0.25) is 4.79 Å². The molecule has 8 nitrogen and oxygen atoms in total. The molecule has 0 saturated carbocycles. The van der Waals surface area contributed by atoms with E-state index in [-0.39, 0.29) is 28.3 Å². The standard InChI is InChI=1S/C22H28N2O6S2/c1-16(17-6-10-20(11-7-17)31(3,26)27)23-22(25)18-5-4-14-24(15-18)32(28,29)21-12-8-19(30-2)9-13-21/h6-13,16,18H,4-5,14-15H2,1-3H3,(H,23,25)/t16-,18-/m1/s1. The highest BCUT2D eigenvalue weighted by Gasteiger charge is 2.33. The van der Waals surface area contributed by atoms with E-state index in [4.69, 9.17) is 4.74 Å². The Labute approximate surface area is 189 Å². The lowest BCUT2D eigenvalue weighted by atomic mass is 9.98. The normalized spacial score (nSPS) is 18.7. The van der Waals surface area contributed by atoms with E-state index in [0.717, 1.165) is 11.8 Å². The summed E-state index contributed by atoms with van der Waals surface area (Å²) in [5.41, 5.74) is 0.768. The van der Waals surface area contributed by atoms with Gasteiger partial charge in [0.2, 0.25) is 15.9 Å². The number of benzene rings is 2. The molecule has 1 heterocycles. The van der Waals surface area contributed by atoms with Crippen LogP contribution in [-0.2, 0) is 24.7 Å². The fraction of sp³-hybridized carbons (Fsp3) is 0.409. The second-order valence-electron chi connectivity index (χ2n) is 7.95. The molecule has 0 unspecified atom stereocenters. The van der Waals surface area contributed by atoms with Crippen LogP contribution >= 0.6 is 0 Å². The first-order valence-corrected chi connectivity index (χ1v) is 13.6. The molecule has 0 bridgehead atoms. The summed E-state index contributed by atoms with van der Waals surface area (Å²) in [5, 5.41) is 2.92. The Hall–Kier alpha value is -2.43. The predicted molar refractivity (Wildman–Crippen MR) is 121 cm³/mol. The molecular formula is C22H28N2O6S2. The minimum atomic E-state index is -3.71. The highest BCUT2D eigenvalue weighted by molar-refractivity contribution is 7.90. The maximum absolute atomic E-state index is 13.0. The van der Waals surface area contributed by atoms with E-state index in [9.17, 15) is 21.6 Å². The van der Waals surface area contributed by atoms with Gasteiger partial charge in [-0.25, -0.2) is 16.8 Å². The number of methoxy groups -OCH3 is 1. The van der Waals surface area contributed by atoms with Gasteiger partial charge in [0, 0.05) is 19.3 Å². The zero-order chi connectivity index (χ0) is 23.5. The van der Waals surface area contributed by atoms with Gasteiger partial charge < -0.3 is 10.1 Å². The molecule has 0 spiro atoms. The Kier molecular flexibility index (Phi) is 7.26. The third-order valence-corrected chi connectivity index (χ3v) is 8.63. The zero-order valence-electron chi connectivity index (χ0n) is 18.3. The molecule has 2 aromatic rings. The number of hydrogen-bond acceptors (Lipinski definition) is 6. The van der Waals surface area contributed by atoms with E-state index in [0.29, 0.717) is 25.1 Å². The summed E-state index contributed by atoms with van der Waals surface area (Å²) < 4.78 is 55.7. The highest BCUT2D eigenvalue weighted by Crippen LogP contribution is 2.26. The molecule has 1 N–H and O–H groups in total. The average Bonchev–Trinajstić information content (AvgIpc) is 2.78. The zero-order valence-corrected chi connectivity index (χ0v) is 19.9. The molecule has 3 rings (SSSR count). The molecular weight excluding hydrogens is 452 g/mol. The fourth-order valence-corrected chi connectivity index (χ4v) is 5.84. The van der Waals surface area contributed by atoms with Crippen molar-refractivity contribution in [3.63, 3.8) is 0 Å². The van der Waals surface area contributed by atoms with E-state index < -0.39 is 25.8 Å². The lowest BCUT2D eigenvalue weighted by molar-refractivity contribution is -0.126. The number of hydrogen-bond donors (Lipinski definition) is 1. The van der Waals surface area contributed by atoms with E-state index in [1.54, 1.807) is 24.3 Å². The third kappa shape index (κ3) is 5.48. The first kappa shape index (κ1) is 24.2. The van der Waals surface area contributed by atoms with Gasteiger partial charge in [0.15, 0.2) is 9.84 Å². The molecule has 10 heteroatoms. The molecule has 1 fully saturated rings. The van der Waals surface area contributed by atoms with Crippen LogP contribution in [0.3, 0.4) is 0 Å². The lowest BCUT2D eigenvalue weighted by Gasteiger charge is -2.32. The van der Waals surface area contributed by atoms with Crippen LogP contribution in [0.1, 0.15) is 31.4 Å². The van der Waals surface area contributed by atoms with E-state index in [2.05, 4.69) is 5.32 Å². The first-order valence-electron chi connectivity index (χ1n) is 10.3. The van der Waals surface area contributed by atoms with Crippen LogP contribution in [0.2, 0.25) is 0 Å². The van der Waals surface area contributed by atoms with Crippen LogP contribution in [0, 0.1) is 5.92 Å². The minimum Gasteiger partial charge on any atom is -0.497 e. The summed E-state index contributed by atoms with van der Waals surface area (Å²) in [6.07, 6.45) is 2.33. The van der Waals surface area contributed by atoms with Crippen molar-refractivity contribution in [2.45, 2.75) is 35.6 Å². The molecule has 0 radical (unpaired) electrons. The van der Waals surface area contributed by atoms with Crippen molar-refractivity contribution in [2.75, 3.05) is 26.5 Å². The summed E-state index contributed by atoms with van der Waals surface area (Å²) in [4.78, 5) is 13.2. The Morgan fingerprint density at radius 1 is 1.03 bits per heavy atom. The smallest absolute Gasteiger partial charge is 0.243 e. The SMILES string of the molecule is COc1ccc(S(=O)(=O)N2CCC[C@@H](C(=O)N[C@H](C)c3ccc(S(C)(=O)=O)cc3)C2)cc1. The van der Waals surface area contributed by atoms with Crippen LogP contribution in [-0.4, -0.2) is 53.5 Å². The molecule has 1 aliphatic heterocycles. The molecule has 2 aromatic carbocycles. The number of rotatable bonds is 7. The fourth-order valence-electron chi connectivity index (χ4n) is 3.69. The van der Waals surface area contributed by atoms with Crippen LogP contribution < -0.4 is 10.1 Å². The number of sulfonamides is 1. The number of nitrogens with zero attached hydrogens (tertiary/aromatic N) is 1. The summed E-state index contributed by atoms with van der Waals surface area (Å²) >= 11 is 0. The highest BCUT2D eigenvalue weighted by atomic mass is 32.2. The number of carbonyl (C=O) groups excluding carboxylic acids is 1. The third-order valence-electron chi connectivity index (χ3n) is 5.62. The quantitative estimate of drug-likeness (QED) is 0.652. The van der Waals surface area contributed by atoms with Crippen molar-refractivity contribution in [3.8, 4) is 5.75 Å². The molecule has 174 valence electrons. The molecule has 1 saturated heterocycles. The van der Waals surface area contributed by atoms with Crippen molar-refractivity contribution in [3.05, 3.63) is 54.1 Å². The average molecular weight is 481 g/mol. The van der Waals surface area contributed by atoms with Crippen LogP contribution in [0.4, 0.5) is 0 Å². The molecule has 1 amide bonds. The minimum absolute atomic E-state index is 0.111. The van der Waals surface area contributed by atoms with Crippen molar-refractivity contribution >= 4 is 25.8 Å². The maximum atomic E-state index is 13.0. The van der Waals surface area contributed by atoms with Crippen LogP contribution in [0.15, 0.2) is 58.3 Å². The van der Waals surface area contributed by atoms with Gasteiger partial charge in [-0.2, -0.15) is 4.31 Å². The van der Waals surface area contributed by atoms with Crippen molar-refractivity contribution in [1.29, 1.82) is 0 Å². The topological polar surface area (TPSA) is 110 Å². The summed E-state index contributed by atoms with van der Waals surface area (Å²) in [5.74, 6) is -0.118. The number of carbonyl (C=O) groups is 1. The van der Waals surface area contributed by atoms with Gasteiger partial charge in [-0.15, -0.1) is 0 Å². The summed E-state index contributed by atoms with van der Waals surface area (Å²) in [7, 11) is -5.49. The van der Waals surface area contributed by atoms with Crippen LogP contribution in [0.5, 0.6) is 5.75 Å². The van der Waals surface area contributed by atoms with E-state index in [1.807, 2.05) is 6.92 Å². The van der Waals surface area contributed by atoms with Gasteiger partial charge in [0.25, 0.3) is 0 Å². The number of nitrogens with one attached hydrogen (secondary N) is 1. The first-order chi connectivity index (χ1) is 15.0. The van der Waals surface area contributed by atoms with Crippen molar-refractivity contribution in [2.24, 2.45) is 5.92 Å². The number of ether oxygens (including phenoxy) is 1. The molecule has 0 aromatic heterocycles. The van der Waals surface area contributed by atoms with Crippen LogP contribution in [0.25, 0.3) is 0 Å². The Balaban J connectivity index is 1.67. The van der Waals surface area contributed by atoms with Gasteiger partial charge in [-0.05, 0) is 61.7 Å². The lowest BCUT2D eigenvalue weighted by Crippen LogP contribution is -2.45. The predicted octanol–water partition coefficient (Wildman–Crippen LogP) is 2.38.